The average molecular weight is 218 g/mol. The molecule has 0 bridgehead atoms. The first-order chi connectivity index (χ1) is 7.41. The second-order valence-electron chi connectivity index (χ2n) is 3.48. The fourth-order valence-electron chi connectivity index (χ4n) is 1.22. The van der Waals surface area contributed by atoms with Gasteiger partial charge in [0.25, 0.3) is 0 Å². The van der Waals surface area contributed by atoms with Crippen molar-refractivity contribution < 1.29 is 14.2 Å². The Labute approximate surface area is 94.1 Å². The third kappa shape index (κ3) is 13.9. The lowest BCUT2D eigenvalue weighted by Crippen LogP contribution is -2.09. The van der Waals surface area contributed by atoms with Crippen LogP contribution in [-0.4, -0.2) is 39.6 Å². The molecule has 0 saturated carbocycles. The topological polar surface area (TPSA) is 27.7 Å². The van der Waals surface area contributed by atoms with Gasteiger partial charge in [-0.1, -0.05) is 26.2 Å². The molecule has 0 aliphatic heterocycles. The smallest absolute Gasteiger partial charge is 0.0701 e. The van der Waals surface area contributed by atoms with Crippen LogP contribution in [0.4, 0.5) is 0 Å². The fraction of sp³-hybridized carbons (Fsp3) is 1.00. The number of ether oxygens (including phenoxy) is 3. The molecule has 92 valence electrons. The Morgan fingerprint density at radius 1 is 0.600 bits per heavy atom. The molecule has 0 aliphatic carbocycles. The minimum Gasteiger partial charge on any atom is -0.379 e. The lowest BCUT2D eigenvalue weighted by molar-refractivity contribution is 0.0162. The molecule has 0 amide bonds. The molecular formula is C12H26O3. The number of rotatable bonds is 12. The standard InChI is InChI=1S/C12H26O3/c1-3-5-6-7-8-14-11-12-15-10-9-13-4-2/h3-12H2,1-2H3. The zero-order valence-electron chi connectivity index (χ0n) is 10.3. The predicted octanol–water partition coefficient (Wildman–Crippen LogP) is 2.64. The van der Waals surface area contributed by atoms with Crippen molar-refractivity contribution >= 4 is 0 Å². The van der Waals surface area contributed by atoms with Crippen LogP contribution >= 0.6 is 0 Å². The molecular weight excluding hydrogens is 192 g/mol. The minimum absolute atomic E-state index is 0.674. The van der Waals surface area contributed by atoms with Crippen LogP contribution in [0.2, 0.25) is 0 Å². The number of unbranched alkanes of at least 4 members (excludes halogenated alkanes) is 3. The summed E-state index contributed by atoms with van der Waals surface area (Å²) < 4.78 is 15.9. The van der Waals surface area contributed by atoms with Crippen LogP contribution in [0.15, 0.2) is 0 Å². The highest BCUT2D eigenvalue weighted by atomic mass is 16.5. The Kier molecular flexibility index (Phi) is 13.8. The molecule has 15 heavy (non-hydrogen) atoms. The van der Waals surface area contributed by atoms with Gasteiger partial charge in [-0.25, -0.2) is 0 Å². The summed E-state index contributed by atoms with van der Waals surface area (Å²) in [7, 11) is 0. The Morgan fingerprint density at radius 2 is 1.20 bits per heavy atom. The summed E-state index contributed by atoms with van der Waals surface area (Å²) in [4.78, 5) is 0. The highest BCUT2D eigenvalue weighted by Crippen LogP contribution is 1.98. The molecule has 0 spiro atoms. The first-order valence-corrected chi connectivity index (χ1v) is 6.15. The van der Waals surface area contributed by atoms with Gasteiger partial charge >= 0.3 is 0 Å². The third-order valence-electron chi connectivity index (χ3n) is 2.09. The molecule has 3 nitrogen and oxygen atoms in total. The molecule has 0 atom stereocenters. The highest BCUT2D eigenvalue weighted by Gasteiger charge is 1.91. The van der Waals surface area contributed by atoms with Crippen molar-refractivity contribution in [2.24, 2.45) is 0 Å². The van der Waals surface area contributed by atoms with Crippen molar-refractivity contribution in [1.29, 1.82) is 0 Å². The molecule has 0 rings (SSSR count). The van der Waals surface area contributed by atoms with E-state index in [-0.39, 0.29) is 0 Å². The van der Waals surface area contributed by atoms with E-state index in [1.54, 1.807) is 0 Å². The summed E-state index contributed by atoms with van der Waals surface area (Å²) in [5.74, 6) is 0. The van der Waals surface area contributed by atoms with E-state index >= 15 is 0 Å². The van der Waals surface area contributed by atoms with Gasteiger partial charge in [-0.05, 0) is 13.3 Å². The summed E-state index contributed by atoms with van der Waals surface area (Å²) >= 11 is 0. The first-order valence-electron chi connectivity index (χ1n) is 6.15. The summed E-state index contributed by atoms with van der Waals surface area (Å²) in [6.07, 6.45) is 5.04. The quantitative estimate of drug-likeness (QED) is 0.471. The Bertz CT molecular complexity index is 95.0. The summed E-state index contributed by atoms with van der Waals surface area (Å²) in [6.45, 7) is 8.58. The van der Waals surface area contributed by atoms with Crippen LogP contribution in [0.5, 0.6) is 0 Å². The molecule has 0 aromatic carbocycles. The van der Waals surface area contributed by atoms with Gasteiger partial charge in [-0.3, -0.25) is 0 Å². The van der Waals surface area contributed by atoms with Crippen molar-refractivity contribution in [1.82, 2.24) is 0 Å². The fourth-order valence-corrected chi connectivity index (χ4v) is 1.22. The summed E-state index contributed by atoms with van der Waals surface area (Å²) in [5.41, 5.74) is 0. The van der Waals surface area contributed by atoms with Gasteiger partial charge in [0.15, 0.2) is 0 Å². The SMILES string of the molecule is CCCCCCOCCOCCOCC. The zero-order chi connectivity index (χ0) is 11.2. The van der Waals surface area contributed by atoms with Crippen LogP contribution in [-0.2, 0) is 14.2 Å². The first kappa shape index (κ1) is 14.9. The third-order valence-corrected chi connectivity index (χ3v) is 2.09. The Hall–Kier alpha value is -0.120. The lowest BCUT2D eigenvalue weighted by atomic mass is 10.2. The van der Waals surface area contributed by atoms with Crippen LogP contribution in [0.1, 0.15) is 39.5 Å². The zero-order valence-corrected chi connectivity index (χ0v) is 10.3. The van der Waals surface area contributed by atoms with Gasteiger partial charge in [-0.15, -0.1) is 0 Å². The Balaban J connectivity index is 2.81. The van der Waals surface area contributed by atoms with E-state index in [1.807, 2.05) is 6.92 Å². The molecule has 0 unspecified atom stereocenters. The van der Waals surface area contributed by atoms with E-state index in [0.29, 0.717) is 26.4 Å². The van der Waals surface area contributed by atoms with Crippen LogP contribution in [0.25, 0.3) is 0 Å². The average Bonchev–Trinajstić information content (AvgIpc) is 2.26. The lowest BCUT2D eigenvalue weighted by Gasteiger charge is -2.05. The van der Waals surface area contributed by atoms with E-state index < -0.39 is 0 Å². The number of hydrogen-bond donors (Lipinski definition) is 0. The van der Waals surface area contributed by atoms with E-state index in [9.17, 15) is 0 Å². The molecule has 0 fully saturated rings. The number of hydrogen-bond acceptors (Lipinski definition) is 3. The molecule has 0 aromatic rings. The largest absolute Gasteiger partial charge is 0.379 e. The van der Waals surface area contributed by atoms with Gasteiger partial charge < -0.3 is 14.2 Å². The van der Waals surface area contributed by atoms with Gasteiger partial charge in [0.05, 0.1) is 26.4 Å². The van der Waals surface area contributed by atoms with Crippen molar-refractivity contribution in [3.05, 3.63) is 0 Å². The molecule has 3 heteroatoms. The second kappa shape index (κ2) is 13.9. The summed E-state index contributed by atoms with van der Waals surface area (Å²) in [6, 6.07) is 0. The normalized spacial score (nSPS) is 10.8. The maximum Gasteiger partial charge on any atom is 0.0701 e. The molecule has 0 radical (unpaired) electrons. The summed E-state index contributed by atoms with van der Waals surface area (Å²) in [5, 5.41) is 0. The van der Waals surface area contributed by atoms with E-state index in [2.05, 4.69) is 6.92 Å². The minimum atomic E-state index is 0.674. The van der Waals surface area contributed by atoms with E-state index in [0.717, 1.165) is 13.2 Å². The maximum atomic E-state index is 5.42. The van der Waals surface area contributed by atoms with Gasteiger partial charge in [-0.2, -0.15) is 0 Å². The van der Waals surface area contributed by atoms with E-state index in [4.69, 9.17) is 14.2 Å². The maximum absolute atomic E-state index is 5.42. The van der Waals surface area contributed by atoms with Crippen molar-refractivity contribution in [2.75, 3.05) is 39.6 Å². The van der Waals surface area contributed by atoms with Gasteiger partial charge in [0, 0.05) is 13.2 Å². The van der Waals surface area contributed by atoms with Crippen LogP contribution in [0, 0.1) is 0 Å². The molecule has 0 saturated heterocycles. The predicted molar refractivity (Wildman–Crippen MR) is 62.3 cm³/mol. The van der Waals surface area contributed by atoms with E-state index in [1.165, 1.54) is 25.7 Å². The van der Waals surface area contributed by atoms with Crippen molar-refractivity contribution in [2.45, 2.75) is 39.5 Å². The second-order valence-corrected chi connectivity index (χ2v) is 3.48. The molecule has 0 aliphatic rings. The highest BCUT2D eigenvalue weighted by molar-refractivity contribution is 4.39. The Morgan fingerprint density at radius 3 is 1.80 bits per heavy atom. The molecule has 0 heterocycles. The van der Waals surface area contributed by atoms with Gasteiger partial charge in [0.2, 0.25) is 0 Å². The van der Waals surface area contributed by atoms with Crippen molar-refractivity contribution in [3.8, 4) is 0 Å². The van der Waals surface area contributed by atoms with Gasteiger partial charge in [0.1, 0.15) is 0 Å². The van der Waals surface area contributed by atoms with Crippen LogP contribution < -0.4 is 0 Å². The molecule has 0 N–H and O–H groups in total. The van der Waals surface area contributed by atoms with Crippen LogP contribution in [0.3, 0.4) is 0 Å². The van der Waals surface area contributed by atoms with Crippen molar-refractivity contribution in [3.63, 3.8) is 0 Å². The monoisotopic (exact) mass is 218 g/mol. The molecule has 0 aromatic heterocycles.